The summed E-state index contributed by atoms with van der Waals surface area (Å²) < 4.78 is 52.9. The lowest BCUT2D eigenvalue weighted by Gasteiger charge is -2.32. The van der Waals surface area contributed by atoms with Gasteiger partial charge in [0.05, 0.1) is 54.7 Å². The second kappa shape index (κ2) is 17.5. The lowest BCUT2D eigenvalue weighted by atomic mass is 9.89. The van der Waals surface area contributed by atoms with Crippen molar-refractivity contribution in [3.63, 3.8) is 0 Å². The highest BCUT2D eigenvalue weighted by atomic mass is 32.2. The number of carbonyl (C=O) groups excluding carboxylic acids is 1. The highest BCUT2D eigenvalue weighted by Gasteiger charge is 2.31. The summed E-state index contributed by atoms with van der Waals surface area (Å²) in [6.07, 6.45) is 21.1. The molecule has 64 heavy (non-hydrogen) atoms. The SMILES string of the molecule is CS(=O)(=O)N1CCC(C(=O)c2ccc(-n3cc(-c4ccnc5nc[nH]c45)cn3)nc2)CC1.CS(=O)(=O)N1CCC(C(O)c2ccc(-n3cc(-c4ccnc5nc[nH]c45)cn3)nc2)CC1. The molecule has 1 unspecified atom stereocenters. The number of aliphatic hydroxyl groups is 1. The van der Waals surface area contributed by atoms with Crippen LogP contribution in [0.15, 0.2) is 98.6 Å². The quantitative estimate of drug-likeness (QED) is 0.164. The molecule has 3 N–H and O–H groups in total. The fourth-order valence-electron chi connectivity index (χ4n) is 8.21. The van der Waals surface area contributed by atoms with Crippen molar-refractivity contribution in [2.45, 2.75) is 31.8 Å². The summed E-state index contributed by atoms with van der Waals surface area (Å²) in [5.74, 6) is 1.03. The first-order valence-electron chi connectivity index (χ1n) is 20.5. The van der Waals surface area contributed by atoms with Crippen LogP contribution in [-0.4, -0.2) is 134 Å². The summed E-state index contributed by atoms with van der Waals surface area (Å²) in [6, 6.07) is 11.0. The number of rotatable bonds is 10. The Balaban J connectivity index is 0.000000162. The van der Waals surface area contributed by atoms with Crippen LogP contribution in [0.25, 0.3) is 56.2 Å². The standard InChI is InChI=1S/C21H23N7O3S.C21H21N7O3S/c2*1-32(30,31)27-8-5-14(6-9-27)20(29)15-2-3-18(23-10-15)28-12-16(11-26-28)17-4-7-22-21-19(17)24-13-25-21/h2-4,7,10-14,20,29H,5-6,8-9H2,1H3,(H,22,24,25);2-4,7,10-14H,5-6,8-9H2,1H3,(H,22,24,25). The number of piperidine rings is 2. The van der Waals surface area contributed by atoms with Crippen molar-refractivity contribution in [3.05, 3.63) is 110 Å². The first-order valence-corrected chi connectivity index (χ1v) is 24.2. The van der Waals surface area contributed by atoms with Crippen LogP contribution in [0.4, 0.5) is 0 Å². The molecule has 22 heteroatoms. The van der Waals surface area contributed by atoms with Crippen LogP contribution < -0.4 is 0 Å². The van der Waals surface area contributed by atoms with Crippen LogP contribution in [0.5, 0.6) is 0 Å². The van der Waals surface area contributed by atoms with Gasteiger partial charge in [-0.2, -0.15) is 10.2 Å². The molecule has 2 saturated heterocycles. The van der Waals surface area contributed by atoms with Crippen LogP contribution in [0.1, 0.15) is 47.7 Å². The van der Waals surface area contributed by atoms with Gasteiger partial charge in [-0.05, 0) is 67.5 Å². The number of hydrogen-bond acceptors (Lipinski definition) is 14. The topological polar surface area (TPSA) is 257 Å². The Morgan fingerprint density at radius 1 is 0.641 bits per heavy atom. The third-order valence-corrected chi connectivity index (χ3v) is 14.4. The van der Waals surface area contributed by atoms with Crippen LogP contribution in [0.2, 0.25) is 0 Å². The number of aromatic nitrogens is 12. The van der Waals surface area contributed by atoms with E-state index < -0.39 is 26.2 Å². The second-order valence-electron chi connectivity index (χ2n) is 15.9. The summed E-state index contributed by atoms with van der Waals surface area (Å²) >= 11 is 0. The minimum absolute atomic E-state index is 0.000426. The molecule has 1 atom stereocenters. The molecule has 0 aliphatic carbocycles. The number of carbonyl (C=O) groups is 1. The summed E-state index contributed by atoms with van der Waals surface area (Å²) in [4.78, 5) is 44.8. The minimum Gasteiger partial charge on any atom is -0.388 e. The number of hydrogen-bond donors (Lipinski definition) is 3. The zero-order chi connectivity index (χ0) is 44.6. The largest absolute Gasteiger partial charge is 0.388 e. The van der Waals surface area contributed by atoms with Crippen molar-refractivity contribution < 1.29 is 26.7 Å². The first kappa shape index (κ1) is 42.7. The average molecular weight is 905 g/mol. The predicted octanol–water partition coefficient (Wildman–Crippen LogP) is 3.97. The van der Waals surface area contributed by atoms with Gasteiger partial charge in [0.2, 0.25) is 20.0 Å². The third kappa shape index (κ3) is 8.95. The number of pyridine rings is 4. The molecule has 330 valence electrons. The van der Waals surface area contributed by atoms with Gasteiger partial charge < -0.3 is 15.1 Å². The van der Waals surface area contributed by atoms with Gasteiger partial charge in [0.25, 0.3) is 0 Å². The van der Waals surface area contributed by atoms with Crippen LogP contribution >= 0.6 is 0 Å². The third-order valence-electron chi connectivity index (χ3n) is 11.8. The molecule has 10 rings (SSSR count). The summed E-state index contributed by atoms with van der Waals surface area (Å²) in [7, 11) is -6.39. The number of nitrogens with one attached hydrogen (secondary N) is 2. The highest BCUT2D eigenvalue weighted by molar-refractivity contribution is 7.88. The first-order chi connectivity index (χ1) is 30.8. The van der Waals surface area contributed by atoms with Gasteiger partial charge in [-0.1, -0.05) is 6.07 Å². The van der Waals surface area contributed by atoms with Gasteiger partial charge in [0.1, 0.15) is 0 Å². The number of ketones is 1. The van der Waals surface area contributed by atoms with Gasteiger partial charge in [0, 0.05) is 97.1 Å². The fourth-order valence-corrected chi connectivity index (χ4v) is 9.96. The Labute approximate surface area is 367 Å². The molecule has 10 heterocycles. The van der Waals surface area contributed by atoms with E-state index in [2.05, 4.69) is 50.1 Å². The molecule has 0 aromatic carbocycles. The molecular formula is C42H44N14O6S2. The monoisotopic (exact) mass is 904 g/mol. The van der Waals surface area contributed by atoms with E-state index in [9.17, 15) is 26.7 Å². The molecule has 8 aromatic heterocycles. The lowest BCUT2D eigenvalue weighted by Crippen LogP contribution is -2.39. The Kier molecular flexibility index (Phi) is 11.7. The highest BCUT2D eigenvalue weighted by Crippen LogP contribution is 2.32. The maximum Gasteiger partial charge on any atom is 0.211 e. The van der Waals surface area contributed by atoms with E-state index >= 15 is 0 Å². The van der Waals surface area contributed by atoms with Gasteiger partial charge >= 0.3 is 0 Å². The van der Waals surface area contributed by atoms with E-state index in [0.29, 0.717) is 85.9 Å². The summed E-state index contributed by atoms with van der Waals surface area (Å²) in [5.41, 5.74) is 7.89. The smallest absolute Gasteiger partial charge is 0.211 e. The maximum absolute atomic E-state index is 12.8. The van der Waals surface area contributed by atoms with Crippen molar-refractivity contribution in [1.29, 1.82) is 0 Å². The Morgan fingerprint density at radius 3 is 1.61 bits per heavy atom. The van der Waals surface area contributed by atoms with E-state index in [4.69, 9.17) is 0 Å². The maximum atomic E-state index is 12.8. The number of sulfonamides is 2. The number of aromatic amines is 2. The minimum atomic E-state index is -3.21. The Hall–Kier alpha value is -6.59. The van der Waals surface area contributed by atoms with Gasteiger partial charge in [0.15, 0.2) is 28.7 Å². The normalized spacial score (nSPS) is 16.5. The lowest BCUT2D eigenvalue weighted by molar-refractivity contribution is 0.0759. The van der Waals surface area contributed by atoms with Crippen molar-refractivity contribution in [2.24, 2.45) is 11.8 Å². The zero-order valence-electron chi connectivity index (χ0n) is 34.8. The number of aliphatic hydroxyl groups excluding tert-OH is 1. The number of nitrogens with zero attached hydrogens (tertiary/aromatic N) is 12. The molecule has 0 amide bonds. The Morgan fingerprint density at radius 2 is 1.14 bits per heavy atom. The van der Waals surface area contributed by atoms with Gasteiger partial charge in [-0.25, -0.2) is 64.7 Å². The van der Waals surface area contributed by atoms with Gasteiger partial charge in [-0.3, -0.25) is 4.79 Å². The molecule has 20 nitrogen and oxygen atoms in total. The van der Waals surface area contributed by atoms with Crippen molar-refractivity contribution in [3.8, 4) is 33.9 Å². The van der Waals surface area contributed by atoms with E-state index in [1.165, 1.54) is 21.1 Å². The molecule has 0 saturated carbocycles. The van der Waals surface area contributed by atoms with E-state index in [-0.39, 0.29) is 17.6 Å². The van der Waals surface area contributed by atoms with Crippen LogP contribution in [0.3, 0.4) is 0 Å². The zero-order valence-corrected chi connectivity index (χ0v) is 36.4. The predicted molar refractivity (Wildman–Crippen MR) is 236 cm³/mol. The summed E-state index contributed by atoms with van der Waals surface area (Å²) in [5, 5.41) is 19.6. The molecule has 0 spiro atoms. The fraction of sp³-hybridized carbons (Fsp3) is 0.310. The van der Waals surface area contributed by atoms with Crippen molar-refractivity contribution in [1.82, 2.24) is 68.0 Å². The second-order valence-corrected chi connectivity index (χ2v) is 19.8. The van der Waals surface area contributed by atoms with E-state index in [0.717, 1.165) is 33.3 Å². The molecule has 2 aliphatic rings. The molecule has 2 fully saturated rings. The molecule has 8 aromatic rings. The van der Waals surface area contributed by atoms with E-state index in [1.807, 2.05) is 36.7 Å². The van der Waals surface area contributed by atoms with Crippen LogP contribution in [-0.2, 0) is 20.0 Å². The number of Topliss-reactive ketones (excluding diaryl/α,β-unsaturated/α-hetero) is 1. The number of fused-ring (bicyclic) bond motifs is 2. The molecule has 0 bridgehead atoms. The molecule has 2 aliphatic heterocycles. The molecular weight excluding hydrogens is 861 g/mol. The number of H-pyrrole nitrogens is 2. The van der Waals surface area contributed by atoms with E-state index in [1.54, 1.807) is 71.3 Å². The van der Waals surface area contributed by atoms with Crippen LogP contribution in [0, 0.1) is 11.8 Å². The number of imidazole rings is 2. The Bertz CT molecular complexity index is 3150. The van der Waals surface area contributed by atoms with Crippen molar-refractivity contribution in [2.75, 3.05) is 38.7 Å². The molecule has 0 radical (unpaired) electrons. The van der Waals surface area contributed by atoms with Crippen molar-refractivity contribution >= 4 is 48.2 Å². The summed E-state index contributed by atoms with van der Waals surface area (Å²) in [6.45, 7) is 1.60. The van der Waals surface area contributed by atoms with Gasteiger partial charge in [-0.15, -0.1) is 0 Å². The average Bonchev–Trinajstić information content (AvgIpc) is 4.16.